The molecule has 5 heteroatoms. The Morgan fingerprint density at radius 3 is 2.15 bits per heavy atom. The molecule has 0 unspecified atom stereocenters. The van der Waals surface area contributed by atoms with E-state index >= 15 is 0 Å². The first kappa shape index (κ1) is 21.5. The van der Waals surface area contributed by atoms with Crippen molar-refractivity contribution in [1.82, 2.24) is 0 Å². The lowest BCUT2D eigenvalue weighted by Crippen LogP contribution is -2.02. The second-order valence-electron chi connectivity index (χ2n) is 5.88. The number of carbonyl (C=O) groups excluding carboxylic acids is 1. The summed E-state index contributed by atoms with van der Waals surface area (Å²) < 4.78 is 10.7. The SMILES string of the molecule is C/C=C/C(=O)OCCCCCCCCOc1ccc(/C=C/C(=O)O)cc1. The molecule has 0 aliphatic rings. The summed E-state index contributed by atoms with van der Waals surface area (Å²) in [6.45, 7) is 2.95. The number of benzene rings is 1. The van der Waals surface area contributed by atoms with Gasteiger partial charge in [-0.3, -0.25) is 0 Å². The van der Waals surface area contributed by atoms with E-state index in [1.165, 1.54) is 6.08 Å². The van der Waals surface area contributed by atoms with Crippen molar-refractivity contribution in [2.45, 2.75) is 45.4 Å². The van der Waals surface area contributed by atoms with Crippen LogP contribution in [-0.2, 0) is 14.3 Å². The van der Waals surface area contributed by atoms with E-state index in [9.17, 15) is 9.59 Å². The van der Waals surface area contributed by atoms with E-state index in [2.05, 4.69) is 0 Å². The molecule has 0 fully saturated rings. The van der Waals surface area contributed by atoms with Crippen LogP contribution in [0.2, 0.25) is 0 Å². The maximum Gasteiger partial charge on any atom is 0.330 e. The fourth-order valence-corrected chi connectivity index (χ4v) is 2.30. The summed E-state index contributed by atoms with van der Waals surface area (Å²) in [4.78, 5) is 21.6. The van der Waals surface area contributed by atoms with Crippen LogP contribution in [0.25, 0.3) is 6.08 Å². The molecule has 0 heterocycles. The van der Waals surface area contributed by atoms with Gasteiger partial charge in [-0.1, -0.05) is 43.9 Å². The Balaban J connectivity index is 2.00. The highest BCUT2D eigenvalue weighted by atomic mass is 16.5. The summed E-state index contributed by atoms with van der Waals surface area (Å²) in [5.74, 6) is -0.434. The van der Waals surface area contributed by atoms with Crippen LogP contribution in [0.4, 0.5) is 0 Å². The Kier molecular flexibility index (Phi) is 11.3. The van der Waals surface area contributed by atoms with E-state index < -0.39 is 5.97 Å². The van der Waals surface area contributed by atoms with Gasteiger partial charge in [-0.05, 0) is 43.5 Å². The molecule has 1 aromatic carbocycles. The van der Waals surface area contributed by atoms with Gasteiger partial charge < -0.3 is 14.6 Å². The standard InChI is InChI=1S/C21H28O5/c1-2-9-21(24)26-17-8-6-4-3-5-7-16-25-19-13-10-18(11-14-19)12-15-20(22)23/h2,9-15H,3-8,16-17H2,1H3,(H,22,23)/b9-2+,15-12+. The van der Waals surface area contributed by atoms with E-state index in [1.807, 2.05) is 24.3 Å². The van der Waals surface area contributed by atoms with Crippen LogP contribution >= 0.6 is 0 Å². The summed E-state index contributed by atoms with van der Waals surface area (Å²) >= 11 is 0. The molecule has 0 spiro atoms. The first-order chi connectivity index (χ1) is 12.6. The molecule has 0 amide bonds. The minimum absolute atomic E-state index is 0.268. The van der Waals surface area contributed by atoms with E-state index in [0.29, 0.717) is 13.2 Å². The predicted molar refractivity (Wildman–Crippen MR) is 102 cm³/mol. The number of carboxylic acids is 1. The van der Waals surface area contributed by atoms with E-state index in [0.717, 1.165) is 55.9 Å². The highest BCUT2D eigenvalue weighted by molar-refractivity contribution is 5.85. The zero-order chi connectivity index (χ0) is 19.0. The van der Waals surface area contributed by atoms with Gasteiger partial charge in [-0.25, -0.2) is 9.59 Å². The van der Waals surface area contributed by atoms with Crippen LogP contribution in [0.3, 0.4) is 0 Å². The molecule has 0 bridgehead atoms. The van der Waals surface area contributed by atoms with Gasteiger partial charge in [0.1, 0.15) is 5.75 Å². The van der Waals surface area contributed by atoms with Gasteiger partial charge in [0.2, 0.25) is 0 Å². The van der Waals surface area contributed by atoms with E-state index in [1.54, 1.807) is 19.1 Å². The average molecular weight is 360 g/mol. The normalized spacial score (nSPS) is 11.1. The Labute approximate surface area is 155 Å². The van der Waals surface area contributed by atoms with Gasteiger partial charge in [0, 0.05) is 12.2 Å². The second-order valence-corrected chi connectivity index (χ2v) is 5.88. The molecule has 1 rings (SSSR count). The highest BCUT2D eigenvalue weighted by Gasteiger charge is 1.97. The van der Waals surface area contributed by atoms with Crippen molar-refractivity contribution in [2.75, 3.05) is 13.2 Å². The molecule has 142 valence electrons. The number of rotatable bonds is 13. The zero-order valence-electron chi connectivity index (χ0n) is 15.4. The quantitative estimate of drug-likeness (QED) is 0.316. The Bertz CT molecular complexity index is 587. The highest BCUT2D eigenvalue weighted by Crippen LogP contribution is 2.14. The number of unbranched alkanes of at least 4 members (excludes halogenated alkanes) is 5. The topological polar surface area (TPSA) is 72.8 Å². The summed E-state index contributed by atoms with van der Waals surface area (Å²) in [5, 5.41) is 8.58. The summed E-state index contributed by atoms with van der Waals surface area (Å²) in [6.07, 6.45) is 12.1. The average Bonchev–Trinajstić information content (AvgIpc) is 2.62. The van der Waals surface area contributed by atoms with Crippen molar-refractivity contribution < 1.29 is 24.2 Å². The molecule has 1 aromatic rings. The number of ether oxygens (including phenoxy) is 2. The number of allylic oxidation sites excluding steroid dienone is 1. The van der Waals surface area contributed by atoms with Crippen LogP contribution in [0.1, 0.15) is 51.0 Å². The number of carbonyl (C=O) groups is 2. The number of carboxylic acid groups (broad SMARTS) is 1. The monoisotopic (exact) mass is 360 g/mol. The lowest BCUT2D eigenvalue weighted by molar-refractivity contribution is -0.138. The van der Waals surface area contributed by atoms with Crippen molar-refractivity contribution in [3.8, 4) is 5.75 Å². The van der Waals surface area contributed by atoms with Crippen LogP contribution in [0.15, 0.2) is 42.5 Å². The third-order valence-corrected chi connectivity index (χ3v) is 3.65. The Morgan fingerprint density at radius 1 is 0.923 bits per heavy atom. The minimum Gasteiger partial charge on any atom is -0.494 e. The lowest BCUT2D eigenvalue weighted by atomic mass is 10.1. The summed E-state index contributed by atoms with van der Waals surface area (Å²) in [5.41, 5.74) is 0.830. The van der Waals surface area contributed by atoms with Gasteiger partial charge >= 0.3 is 11.9 Å². The van der Waals surface area contributed by atoms with Crippen molar-refractivity contribution in [2.24, 2.45) is 0 Å². The fraction of sp³-hybridized carbons (Fsp3) is 0.429. The molecule has 0 aromatic heterocycles. The number of hydrogen-bond donors (Lipinski definition) is 1. The van der Waals surface area contributed by atoms with E-state index in [-0.39, 0.29) is 5.97 Å². The zero-order valence-corrected chi connectivity index (χ0v) is 15.4. The third-order valence-electron chi connectivity index (χ3n) is 3.65. The first-order valence-electron chi connectivity index (χ1n) is 9.05. The molecular formula is C21H28O5. The minimum atomic E-state index is -0.958. The van der Waals surface area contributed by atoms with Crippen LogP contribution in [-0.4, -0.2) is 30.3 Å². The van der Waals surface area contributed by atoms with Gasteiger partial charge in [-0.15, -0.1) is 0 Å². The van der Waals surface area contributed by atoms with Gasteiger partial charge in [0.15, 0.2) is 0 Å². The molecule has 0 saturated carbocycles. The molecule has 1 N–H and O–H groups in total. The number of aliphatic carboxylic acids is 1. The second kappa shape index (κ2) is 13.7. The van der Waals surface area contributed by atoms with Gasteiger partial charge in [0.25, 0.3) is 0 Å². The van der Waals surface area contributed by atoms with Gasteiger partial charge in [-0.2, -0.15) is 0 Å². The smallest absolute Gasteiger partial charge is 0.330 e. The molecule has 0 saturated heterocycles. The van der Waals surface area contributed by atoms with E-state index in [4.69, 9.17) is 14.6 Å². The third kappa shape index (κ3) is 11.1. The van der Waals surface area contributed by atoms with Crippen molar-refractivity contribution >= 4 is 18.0 Å². The molecule has 26 heavy (non-hydrogen) atoms. The van der Waals surface area contributed by atoms with Gasteiger partial charge in [0.05, 0.1) is 13.2 Å². The molecule has 0 radical (unpaired) electrons. The largest absolute Gasteiger partial charge is 0.494 e. The summed E-state index contributed by atoms with van der Waals surface area (Å²) in [7, 11) is 0. The van der Waals surface area contributed by atoms with Crippen molar-refractivity contribution in [3.05, 3.63) is 48.1 Å². The molecule has 0 aliphatic heterocycles. The van der Waals surface area contributed by atoms with Crippen molar-refractivity contribution in [3.63, 3.8) is 0 Å². The number of hydrogen-bond acceptors (Lipinski definition) is 4. The molecule has 0 atom stereocenters. The Hall–Kier alpha value is -2.56. The maximum atomic E-state index is 11.1. The fourth-order valence-electron chi connectivity index (χ4n) is 2.30. The number of esters is 1. The predicted octanol–water partition coefficient (Wildman–Crippen LogP) is 4.62. The van der Waals surface area contributed by atoms with Crippen LogP contribution in [0, 0.1) is 0 Å². The van der Waals surface area contributed by atoms with Crippen molar-refractivity contribution in [1.29, 1.82) is 0 Å². The first-order valence-corrected chi connectivity index (χ1v) is 9.05. The summed E-state index contributed by atoms with van der Waals surface area (Å²) in [6, 6.07) is 7.35. The van der Waals surface area contributed by atoms with Crippen LogP contribution < -0.4 is 4.74 Å². The molecular weight excluding hydrogens is 332 g/mol. The maximum absolute atomic E-state index is 11.1. The lowest BCUT2D eigenvalue weighted by Gasteiger charge is -2.06. The van der Waals surface area contributed by atoms with Crippen LogP contribution in [0.5, 0.6) is 5.75 Å². The Morgan fingerprint density at radius 2 is 1.54 bits per heavy atom. The molecule has 5 nitrogen and oxygen atoms in total. The molecule has 0 aliphatic carbocycles.